The van der Waals surface area contributed by atoms with Gasteiger partial charge in [0.25, 0.3) is 0 Å². The monoisotopic (exact) mass is 530 g/mol. The smallest absolute Gasteiger partial charge is 0.306 e. The lowest BCUT2D eigenvalue weighted by molar-refractivity contribution is -0.143. The summed E-state index contributed by atoms with van der Waals surface area (Å²) in [6, 6.07) is 19.0. The van der Waals surface area contributed by atoms with Gasteiger partial charge in [-0.2, -0.15) is 0 Å². The van der Waals surface area contributed by atoms with E-state index in [0.717, 1.165) is 29.6 Å². The fourth-order valence-corrected chi connectivity index (χ4v) is 11.1. The zero-order valence-electron chi connectivity index (χ0n) is 21.1. The summed E-state index contributed by atoms with van der Waals surface area (Å²) >= 11 is 0. The van der Waals surface area contributed by atoms with Crippen molar-refractivity contribution in [2.75, 3.05) is 25.5 Å². The van der Waals surface area contributed by atoms with Gasteiger partial charge in [-0.3, -0.25) is 9.59 Å². The van der Waals surface area contributed by atoms with Crippen molar-refractivity contribution < 1.29 is 28.2 Å². The second-order valence-corrected chi connectivity index (χ2v) is 15.4. The van der Waals surface area contributed by atoms with E-state index >= 15 is 0 Å². The van der Waals surface area contributed by atoms with E-state index in [1.807, 2.05) is 72.8 Å². The topological polar surface area (TPSA) is 86.7 Å². The SMILES string of the molecule is CCOC(=O)C[C@H]1C=CC[P@]1(=O)c1ccccc1.CCOC(=O)C[C@H]1CCC[P@]1(=O)c1ccccc1. The van der Waals surface area contributed by atoms with Crippen molar-refractivity contribution in [3.63, 3.8) is 0 Å². The molecule has 2 aromatic rings. The van der Waals surface area contributed by atoms with Crippen LogP contribution >= 0.6 is 14.3 Å². The Hall–Kier alpha value is -2.42. The maximum absolute atomic E-state index is 13.1. The standard InChI is InChI=1S/C14H19O3P.C14H17O3P/c2*1-2-17-14(15)11-13-9-6-10-18(13,16)12-7-4-3-5-8-12/h3-5,7-8,13H,2,6,9-11H2,1H3;3-9,13H,2,10-11H2,1H3/t2*13-,18+/m11/s1. The molecule has 0 saturated carbocycles. The van der Waals surface area contributed by atoms with Gasteiger partial charge in [-0.15, -0.1) is 0 Å². The molecule has 2 heterocycles. The molecular weight excluding hydrogens is 494 g/mol. The van der Waals surface area contributed by atoms with Gasteiger partial charge in [-0.1, -0.05) is 72.8 Å². The fourth-order valence-electron chi connectivity index (χ4n) is 4.87. The van der Waals surface area contributed by atoms with Gasteiger partial charge >= 0.3 is 11.9 Å². The predicted molar refractivity (Wildman–Crippen MR) is 146 cm³/mol. The van der Waals surface area contributed by atoms with Crippen LogP contribution in [0.4, 0.5) is 0 Å². The van der Waals surface area contributed by atoms with E-state index < -0.39 is 14.3 Å². The minimum absolute atomic E-state index is 0.0288. The van der Waals surface area contributed by atoms with Crippen molar-refractivity contribution in [1.82, 2.24) is 0 Å². The van der Waals surface area contributed by atoms with Crippen molar-refractivity contribution >= 4 is 36.8 Å². The van der Waals surface area contributed by atoms with Crippen LogP contribution in [0, 0.1) is 0 Å². The van der Waals surface area contributed by atoms with Crippen LogP contribution in [0.25, 0.3) is 0 Å². The Morgan fingerprint density at radius 3 is 1.89 bits per heavy atom. The van der Waals surface area contributed by atoms with Crippen LogP contribution in [-0.2, 0) is 28.2 Å². The number of carbonyl (C=O) groups is 2. The van der Waals surface area contributed by atoms with Crippen LogP contribution < -0.4 is 10.6 Å². The molecule has 0 aromatic heterocycles. The maximum Gasteiger partial charge on any atom is 0.306 e. The van der Waals surface area contributed by atoms with Crippen LogP contribution in [-0.4, -0.2) is 48.8 Å². The van der Waals surface area contributed by atoms with E-state index in [4.69, 9.17) is 9.47 Å². The van der Waals surface area contributed by atoms with Crippen molar-refractivity contribution in [1.29, 1.82) is 0 Å². The average molecular weight is 531 g/mol. The molecule has 4 rings (SSSR count). The molecular formula is C28H36O6P2. The first-order chi connectivity index (χ1) is 17.3. The summed E-state index contributed by atoms with van der Waals surface area (Å²) in [5.41, 5.74) is -0.238. The Bertz CT molecular complexity index is 1090. The molecule has 0 spiro atoms. The Labute approximate surface area is 214 Å². The number of hydrogen-bond acceptors (Lipinski definition) is 6. The lowest BCUT2D eigenvalue weighted by Gasteiger charge is -2.20. The summed E-state index contributed by atoms with van der Waals surface area (Å²) in [4.78, 5) is 23.1. The van der Waals surface area contributed by atoms with Gasteiger partial charge in [0.15, 0.2) is 0 Å². The largest absolute Gasteiger partial charge is 0.466 e. The lowest BCUT2D eigenvalue weighted by Crippen LogP contribution is -2.19. The third-order valence-corrected chi connectivity index (χ3v) is 13.8. The molecule has 0 N–H and O–H groups in total. The van der Waals surface area contributed by atoms with Crippen molar-refractivity contribution in [2.24, 2.45) is 0 Å². The van der Waals surface area contributed by atoms with E-state index in [2.05, 4.69) is 0 Å². The molecule has 0 amide bonds. The molecule has 2 aliphatic heterocycles. The minimum atomic E-state index is -2.52. The molecule has 0 unspecified atom stereocenters. The van der Waals surface area contributed by atoms with Gasteiger partial charge in [0.05, 0.1) is 26.1 Å². The summed E-state index contributed by atoms with van der Waals surface area (Å²) in [6.45, 7) is 4.33. The molecule has 36 heavy (non-hydrogen) atoms. The Morgan fingerprint density at radius 2 is 1.33 bits per heavy atom. The van der Waals surface area contributed by atoms with E-state index in [-0.39, 0.29) is 29.7 Å². The minimum Gasteiger partial charge on any atom is -0.466 e. The molecule has 8 heteroatoms. The third-order valence-electron chi connectivity index (χ3n) is 6.66. The number of ether oxygens (including phenoxy) is 2. The van der Waals surface area contributed by atoms with Crippen molar-refractivity contribution in [3.05, 3.63) is 72.8 Å². The molecule has 0 aliphatic carbocycles. The second-order valence-electron chi connectivity index (χ2n) is 8.98. The van der Waals surface area contributed by atoms with Gasteiger partial charge in [0.2, 0.25) is 0 Å². The first-order valence-corrected chi connectivity index (χ1v) is 16.5. The normalized spacial score (nSPS) is 26.6. The number of esters is 2. The zero-order chi connectivity index (χ0) is 26.0. The fraction of sp³-hybridized carbons (Fsp3) is 0.429. The van der Waals surface area contributed by atoms with Crippen LogP contribution in [0.3, 0.4) is 0 Å². The lowest BCUT2D eigenvalue weighted by atomic mass is 10.2. The van der Waals surface area contributed by atoms with Crippen LogP contribution in [0.5, 0.6) is 0 Å². The molecule has 1 fully saturated rings. The quantitative estimate of drug-likeness (QED) is 0.260. The summed E-state index contributed by atoms with van der Waals surface area (Å²) in [5.74, 6) is -0.495. The van der Waals surface area contributed by atoms with Gasteiger partial charge < -0.3 is 18.6 Å². The number of hydrogen-bond donors (Lipinski definition) is 0. The van der Waals surface area contributed by atoms with E-state index in [1.165, 1.54) is 0 Å². The first kappa shape index (κ1) is 28.2. The summed E-state index contributed by atoms with van der Waals surface area (Å²) in [6.07, 6.45) is 7.38. The highest BCUT2D eigenvalue weighted by atomic mass is 31.2. The third kappa shape index (κ3) is 6.87. The second kappa shape index (κ2) is 13.2. The number of allylic oxidation sites excluding steroid dienone is 2. The van der Waals surface area contributed by atoms with Crippen molar-refractivity contribution in [2.45, 2.75) is 50.8 Å². The number of rotatable bonds is 8. The van der Waals surface area contributed by atoms with Gasteiger partial charge in [0.1, 0.15) is 14.3 Å². The molecule has 1 saturated heterocycles. The summed E-state index contributed by atoms with van der Waals surface area (Å²) in [7, 11) is -4.93. The van der Waals surface area contributed by atoms with E-state index in [0.29, 0.717) is 25.8 Å². The average Bonchev–Trinajstić information content (AvgIpc) is 3.44. The number of carbonyl (C=O) groups excluding carboxylic acids is 2. The molecule has 0 radical (unpaired) electrons. The van der Waals surface area contributed by atoms with Gasteiger partial charge in [0, 0.05) is 34.3 Å². The van der Waals surface area contributed by atoms with E-state index in [9.17, 15) is 18.7 Å². The van der Waals surface area contributed by atoms with E-state index in [1.54, 1.807) is 13.8 Å². The molecule has 6 nitrogen and oxygen atoms in total. The molecule has 2 aliphatic rings. The molecule has 4 atom stereocenters. The first-order valence-electron chi connectivity index (χ1n) is 12.6. The number of benzene rings is 2. The molecule has 2 aromatic carbocycles. The highest BCUT2D eigenvalue weighted by Gasteiger charge is 2.40. The van der Waals surface area contributed by atoms with Crippen LogP contribution in [0.15, 0.2) is 72.8 Å². The highest BCUT2D eigenvalue weighted by Crippen LogP contribution is 2.58. The zero-order valence-corrected chi connectivity index (χ0v) is 22.9. The van der Waals surface area contributed by atoms with Gasteiger partial charge in [-0.05, 0) is 26.7 Å². The molecule has 194 valence electrons. The Kier molecular flexibility index (Phi) is 10.3. The summed E-state index contributed by atoms with van der Waals surface area (Å²) in [5, 5.41) is 1.76. The molecule has 0 bridgehead atoms. The van der Waals surface area contributed by atoms with Crippen LogP contribution in [0.1, 0.15) is 39.5 Å². The highest BCUT2D eigenvalue weighted by molar-refractivity contribution is 7.73. The Morgan fingerprint density at radius 1 is 0.806 bits per heavy atom. The van der Waals surface area contributed by atoms with Gasteiger partial charge in [-0.25, -0.2) is 0 Å². The summed E-state index contributed by atoms with van der Waals surface area (Å²) < 4.78 is 36.0. The Balaban J connectivity index is 0.000000201. The van der Waals surface area contributed by atoms with Crippen LogP contribution in [0.2, 0.25) is 0 Å². The van der Waals surface area contributed by atoms with Crippen molar-refractivity contribution in [3.8, 4) is 0 Å². The predicted octanol–water partition coefficient (Wildman–Crippen LogP) is 5.36. The maximum atomic E-state index is 13.1.